The Labute approximate surface area is 98.3 Å². The summed E-state index contributed by atoms with van der Waals surface area (Å²) in [6.45, 7) is 4.82. The molecule has 0 spiro atoms. The van der Waals surface area contributed by atoms with E-state index in [1.165, 1.54) is 13.8 Å². The first-order valence-electron chi connectivity index (χ1n) is 5.29. The molecular formula is C11H17F3O3. The molecule has 0 saturated carbocycles. The van der Waals surface area contributed by atoms with Crippen molar-refractivity contribution in [2.45, 2.75) is 33.1 Å². The van der Waals surface area contributed by atoms with E-state index < -0.39 is 30.1 Å². The molecule has 2 atom stereocenters. The molecule has 0 aromatic rings. The molecule has 0 aromatic heterocycles. The van der Waals surface area contributed by atoms with E-state index in [0.29, 0.717) is 0 Å². The predicted octanol–water partition coefficient (Wildman–Crippen LogP) is 2.30. The minimum absolute atomic E-state index is 0.150. The molecule has 0 unspecified atom stereocenters. The van der Waals surface area contributed by atoms with E-state index in [9.17, 15) is 18.0 Å². The summed E-state index contributed by atoms with van der Waals surface area (Å²) in [7, 11) is 0. The van der Waals surface area contributed by atoms with Gasteiger partial charge in [0, 0.05) is 12.0 Å². The van der Waals surface area contributed by atoms with Crippen LogP contribution in [0, 0.1) is 11.8 Å². The van der Waals surface area contributed by atoms with Gasteiger partial charge in [0.15, 0.2) is 6.10 Å². The number of hydrogen-bond acceptors (Lipinski definition) is 3. The van der Waals surface area contributed by atoms with Crippen molar-refractivity contribution in [2.75, 3.05) is 6.61 Å². The highest BCUT2D eigenvalue weighted by Crippen LogP contribution is 2.30. The molecule has 0 fully saturated rings. The van der Waals surface area contributed by atoms with Crippen LogP contribution >= 0.6 is 0 Å². The van der Waals surface area contributed by atoms with Gasteiger partial charge in [0.25, 0.3) is 0 Å². The molecule has 0 bridgehead atoms. The first-order valence-corrected chi connectivity index (χ1v) is 5.29. The summed E-state index contributed by atoms with van der Waals surface area (Å²) < 4.78 is 41.5. The summed E-state index contributed by atoms with van der Waals surface area (Å²) in [4.78, 5) is 11.0. The molecular weight excluding hydrogens is 237 g/mol. The molecule has 0 rings (SSSR count). The second kappa shape index (κ2) is 6.64. The van der Waals surface area contributed by atoms with Gasteiger partial charge < -0.3 is 9.84 Å². The summed E-state index contributed by atoms with van der Waals surface area (Å²) in [5, 5.41) is 9.13. The number of halogens is 3. The maximum absolute atomic E-state index is 12.3. The third-order valence-corrected chi connectivity index (χ3v) is 2.21. The summed E-state index contributed by atoms with van der Waals surface area (Å²) >= 11 is 0. The van der Waals surface area contributed by atoms with Crippen LogP contribution in [-0.2, 0) is 9.53 Å². The molecule has 3 nitrogen and oxygen atoms in total. The molecule has 0 aliphatic rings. The van der Waals surface area contributed by atoms with Gasteiger partial charge >= 0.3 is 12.1 Å². The minimum Gasteiger partial charge on any atom is -0.463 e. The quantitative estimate of drug-likeness (QED) is 0.605. The van der Waals surface area contributed by atoms with Crippen LogP contribution in [0.2, 0.25) is 0 Å². The monoisotopic (exact) mass is 254 g/mol. The Balaban J connectivity index is 4.71. The maximum atomic E-state index is 12.3. The van der Waals surface area contributed by atoms with Crippen molar-refractivity contribution in [2.24, 2.45) is 11.8 Å². The van der Waals surface area contributed by atoms with Crippen molar-refractivity contribution >= 4 is 5.97 Å². The number of ether oxygens (including phenoxy) is 1. The fourth-order valence-corrected chi connectivity index (χ4v) is 1.29. The van der Waals surface area contributed by atoms with Crippen LogP contribution in [0.4, 0.5) is 13.2 Å². The average molecular weight is 254 g/mol. The van der Waals surface area contributed by atoms with Crippen molar-refractivity contribution in [1.82, 2.24) is 0 Å². The Bertz CT molecular complexity index is 272. The van der Waals surface area contributed by atoms with E-state index in [0.717, 1.165) is 12.2 Å². The standard InChI is InChI=1S/C11H17F3O3/c1-4-17-9(15)6-5-8(7(2)3)10(16)11(12,13)14/h5-8,10,16H,4H2,1-3H3/b6-5+/t8-,10+/m0/s1. The summed E-state index contributed by atoms with van der Waals surface area (Å²) in [6, 6.07) is 0. The number of carbonyl (C=O) groups excluding carboxylic acids is 1. The molecule has 0 amide bonds. The minimum atomic E-state index is -4.70. The van der Waals surface area contributed by atoms with Crippen LogP contribution < -0.4 is 0 Å². The van der Waals surface area contributed by atoms with Gasteiger partial charge in [0.05, 0.1) is 6.61 Å². The lowest BCUT2D eigenvalue weighted by Gasteiger charge is -2.25. The lowest BCUT2D eigenvalue weighted by molar-refractivity contribution is -0.218. The fourth-order valence-electron chi connectivity index (χ4n) is 1.29. The molecule has 17 heavy (non-hydrogen) atoms. The smallest absolute Gasteiger partial charge is 0.414 e. The second-order valence-electron chi connectivity index (χ2n) is 3.92. The molecule has 0 aromatic carbocycles. The number of esters is 1. The zero-order valence-electron chi connectivity index (χ0n) is 9.99. The van der Waals surface area contributed by atoms with Crippen molar-refractivity contribution < 1.29 is 27.8 Å². The molecule has 0 aliphatic heterocycles. The zero-order chi connectivity index (χ0) is 13.6. The van der Waals surface area contributed by atoms with Crippen LogP contribution in [0.25, 0.3) is 0 Å². The normalized spacial score (nSPS) is 16.2. The highest BCUT2D eigenvalue weighted by molar-refractivity contribution is 5.81. The lowest BCUT2D eigenvalue weighted by atomic mass is 9.89. The van der Waals surface area contributed by atoms with Crippen molar-refractivity contribution in [3.63, 3.8) is 0 Å². The topological polar surface area (TPSA) is 46.5 Å². The van der Waals surface area contributed by atoms with Gasteiger partial charge in [-0.3, -0.25) is 0 Å². The van der Waals surface area contributed by atoms with Gasteiger partial charge in [-0.15, -0.1) is 0 Å². The average Bonchev–Trinajstić information content (AvgIpc) is 2.16. The van der Waals surface area contributed by atoms with Crippen LogP contribution in [0.3, 0.4) is 0 Å². The third-order valence-electron chi connectivity index (χ3n) is 2.21. The Hall–Kier alpha value is -1.04. The van der Waals surface area contributed by atoms with Crippen LogP contribution in [0.1, 0.15) is 20.8 Å². The molecule has 6 heteroatoms. The van der Waals surface area contributed by atoms with E-state index in [1.54, 1.807) is 6.92 Å². The van der Waals surface area contributed by atoms with Gasteiger partial charge in [-0.05, 0) is 12.8 Å². The molecule has 1 N–H and O–H groups in total. The van der Waals surface area contributed by atoms with E-state index in [4.69, 9.17) is 5.11 Å². The van der Waals surface area contributed by atoms with E-state index in [2.05, 4.69) is 4.74 Å². The Morgan fingerprint density at radius 1 is 1.41 bits per heavy atom. The second-order valence-corrected chi connectivity index (χ2v) is 3.92. The maximum Gasteiger partial charge on any atom is 0.414 e. The van der Waals surface area contributed by atoms with Crippen molar-refractivity contribution in [3.8, 4) is 0 Å². The van der Waals surface area contributed by atoms with Crippen LogP contribution in [0.15, 0.2) is 12.2 Å². The first kappa shape index (κ1) is 16.0. The number of aliphatic hydroxyl groups is 1. The number of alkyl halides is 3. The zero-order valence-corrected chi connectivity index (χ0v) is 9.99. The van der Waals surface area contributed by atoms with Gasteiger partial charge in [0.2, 0.25) is 0 Å². The van der Waals surface area contributed by atoms with Crippen LogP contribution in [0.5, 0.6) is 0 Å². The predicted molar refractivity (Wildman–Crippen MR) is 56.2 cm³/mol. The first-order chi connectivity index (χ1) is 7.70. The molecule has 0 aliphatic carbocycles. The SMILES string of the molecule is CCOC(=O)/C=C/[C@@H](C(C)C)[C@@H](O)C(F)(F)F. The Kier molecular flexibility index (Phi) is 6.23. The number of aliphatic hydroxyl groups excluding tert-OH is 1. The largest absolute Gasteiger partial charge is 0.463 e. The Morgan fingerprint density at radius 3 is 2.29 bits per heavy atom. The fraction of sp³-hybridized carbons (Fsp3) is 0.727. The summed E-state index contributed by atoms with van der Waals surface area (Å²) in [5.74, 6) is -2.33. The van der Waals surface area contributed by atoms with Gasteiger partial charge in [-0.2, -0.15) is 13.2 Å². The van der Waals surface area contributed by atoms with Crippen molar-refractivity contribution in [1.29, 1.82) is 0 Å². The van der Waals surface area contributed by atoms with E-state index in [-0.39, 0.29) is 6.61 Å². The van der Waals surface area contributed by atoms with Gasteiger partial charge in [-0.1, -0.05) is 19.9 Å². The van der Waals surface area contributed by atoms with E-state index in [1.807, 2.05) is 0 Å². The number of carbonyl (C=O) groups is 1. The lowest BCUT2D eigenvalue weighted by Crippen LogP contribution is -2.37. The number of hydrogen-bond donors (Lipinski definition) is 1. The number of rotatable bonds is 5. The summed E-state index contributed by atoms with van der Waals surface area (Å²) in [5.41, 5.74) is 0. The van der Waals surface area contributed by atoms with Gasteiger partial charge in [-0.25, -0.2) is 4.79 Å². The molecule has 0 saturated heterocycles. The summed E-state index contributed by atoms with van der Waals surface area (Å²) in [6.07, 6.45) is -5.22. The Morgan fingerprint density at radius 2 is 1.94 bits per heavy atom. The van der Waals surface area contributed by atoms with Gasteiger partial charge in [0.1, 0.15) is 0 Å². The molecule has 0 heterocycles. The van der Waals surface area contributed by atoms with Crippen LogP contribution in [-0.4, -0.2) is 30.0 Å². The molecule has 0 radical (unpaired) electrons. The third kappa shape index (κ3) is 5.72. The highest BCUT2D eigenvalue weighted by Gasteiger charge is 2.43. The highest BCUT2D eigenvalue weighted by atomic mass is 19.4. The molecule has 100 valence electrons. The van der Waals surface area contributed by atoms with E-state index >= 15 is 0 Å². The van der Waals surface area contributed by atoms with Crippen molar-refractivity contribution in [3.05, 3.63) is 12.2 Å².